The van der Waals surface area contributed by atoms with Crippen LogP contribution in [0.2, 0.25) is 5.02 Å². The second kappa shape index (κ2) is 12.6. The molecule has 1 aliphatic heterocycles. The molecule has 1 aromatic heterocycles. The van der Waals surface area contributed by atoms with Crippen LogP contribution in [-0.4, -0.2) is 46.9 Å². The lowest BCUT2D eigenvalue weighted by atomic mass is 9.91. The number of rotatable bonds is 7. The molecule has 0 unspecified atom stereocenters. The van der Waals surface area contributed by atoms with Crippen LogP contribution in [-0.2, 0) is 14.4 Å². The second-order valence-electron chi connectivity index (χ2n) is 10.7. The molecule has 1 saturated carbocycles. The zero-order chi connectivity index (χ0) is 31.6. The molecule has 8 nitrogen and oxygen atoms in total. The number of amides is 3. The highest BCUT2D eigenvalue weighted by Gasteiger charge is 2.49. The van der Waals surface area contributed by atoms with Gasteiger partial charge < -0.3 is 5.32 Å². The molecule has 1 N–H and O–H groups in total. The van der Waals surface area contributed by atoms with E-state index < -0.39 is 73.0 Å². The van der Waals surface area contributed by atoms with Crippen LogP contribution in [0.4, 0.5) is 29.1 Å². The number of halogens is 5. The topological polar surface area (TPSA) is 106 Å². The Bertz CT molecular complexity index is 1620. The Kier molecular flexibility index (Phi) is 8.87. The first-order chi connectivity index (χ1) is 21.0. The van der Waals surface area contributed by atoms with Gasteiger partial charge in [-0.3, -0.25) is 24.2 Å². The van der Waals surface area contributed by atoms with Crippen molar-refractivity contribution in [2.24, 2.45) is 0 Å². The number of nitrogens with zero attached hydrogens (tertiary/aromatic N) is 4. The van der Waals surface area contributed by atoms with Crippen molar-refractivity contribution < 1.29 is 31.9 Å². The maximum absolute atomic E-state index is 15.0. The molecule has 1 saturated heterocycles. The third kappa shape index (κ3) is 6.38. The summed E-state index contributed by atoms with van der Waals surface area (Å²) in [5, 5.41) is 12.2. The molecular formula is C31H26ClF4N5O3. The number of carbonyl (C=O) groups excluding carboxylic acids is 3. The highest BCUT2D eigenvalue weighted by molar-refractivity contribution is 6.31. The normalized spacial score (nSPS) is 20.5. The third-order valence-electron chi connectivity index (χ3n) is 7.75. The van der Waals surface area contributed by atoms with Gasteiger partial charge in [0.25, 0.3) is 11.8 Å². The molecule has 5 rings (SSSR count). The van der Waals surface area contributed by atoms with Crippen molar-refractivity contribution >= 4 is 40.8 Å². The number of hydrogen-bond donors (Lipinski definition) is 1. The maximum Gasteiger partial charge on any atom is 0.263 e. The molecule has 0 spiro atoms. The van der Waals surface area contributed by atoms with Crippen molar-refractivity contribution in [3.05, 3.63) is 88.8 Å². The van der Waals surface area contributed by atoms with Gasteiger partial charge in [-0.15, -0.1) is 0 Å². The second-order valence-corrected chi connectivity index (χ2v) is 11.1. The van der Waals surface area contributed by atoms with E-state index in [1.807, 2.05) is 6.07 Å². The van der Waals surface area contributed by atoms with Crippen LogP contribution in [0.5, 0.6) is 0 Å². The summed E-state index contributed by atoms with van der Waals surface area (Å²) in [6.45, 7) is 0. The van der Waals surface area contributed by atoms with Crippen molar-refractivity contribution in [2.75, 3.05) is 9.80 Å². The van der Waals surface area contributed by atoms with Crippen molar-refractivity contribution in [1.29, 1.82) is 5.26 Å². The molecule has 1 aliphatic carbocycles. The molecule has 3 aromatic rings. The molecule has 44 heavy (non-hydrogen) atoms. The van der Waals surface area contributed by atoms with Gasteiger partial charge in [0.05, 0.1) is 11.6 Å². The zero-order valence-electron chi connectivity index (χ0n) is 23.1. The quantitative estimate of drug-likeness (QED) is 0.341. The number of nitriles is 1. The average molecular weight is 628 g/mol. The molecule has 228 valence electrons. The van der Waals surface area contributed by atoms with Gasteiger partial charge in [-0.2, -0.15) is 5.26 Å². The monoisotopic (exact) mass is 627 g/mol. The standard InChI is InChI=1S/C31H26ClF4N5O3/c32-23-7-2-1-6-22(23)27(28(42)39-20-8-11-31(35,36)12-9-20)40(21-5-3-4-19(33)15-21)30(44)25-16-24(34)29(43)41(25)26-14-18(17-37)10-13-38-26/h1-7,10,13-15,20,24-25,27H,8-9,11-12,16H2,(H,39,42)/t24-,25+,27+/m1/s1. The van der Waals surface area contributed by atoms with E-state index in [1.165, 1.54) is 42.6 Å². The lowest BCUT2D eigenvalue weighted by molar-refractivity contribution is -0.128. The fourth-order valence-corrected chi connectivity index (χ4v) is 5.80. The highest BCUT2D eigenvalue weighted by Crippen LogP contribution is 2.38. The molecule has 3 atom stereocenters. The number of aromatic nitrogens is 1. The Labute approximate surface area is 255 Å². The third-order valence-corrected chi connectivity index (χ3v) is 8.09. The van der Waals surface area contributed by atoms with Gasteiger partial charge in [0.15, 0.2) is 6.17 Å². The molecular weight excluding hydrogens is 602 g/mol. The molecule has 0 radical (unpaired) electrons. The zero-order valence-corrected chi connectivity index (χ0v) is 23.9. The van der Waals surface area contributed by atoms with Crippen molar-refractivity contribution in [3.63, 3.8) is 0 Å². The van der Waals surface area contributed by atoms with Crippen LogP contribution >= 0.6 is 11.6 Å². The predicted molar refractivity (Wildman–Crippen MR) is 153 cm³/mol. The average Bonchev–Trinajstić information content (AvgIpc) is 3.30. The number of pyridine rings is 1. The lowest BCUT2D eigenvalue weighted by Crippen LogP contribution is -2.53. The fourth-order valence-electron chi connectivity index (χ4n) is 5.56. The van der Waals surface area contributed by atoms with Crippen LogP contribution in [0.1, 0.15) is 49.3 Å². The minimum Gasteiger partial charge on any atom is -0.351 e. The molecule has 2 aliphatic rings. The Morgan fingerprint density at radius 1 is 1.11 bits per heavy atom. The van der Waals surface area contributed by atoms with Crippen LogP contribution in [0, 0.1) is 17.1 Å². The van der Waals surface area contributed by atoms with Crippen LogP contribution in [0.25, 0.3) is 0 Å². The highest BCUT2D eigenvalue weighted by atomic mass is 35.5. The van der Waals surface area contributed by atoms with Crippen LogP contribution in [0.3, 0.4) is 0 Å². The van der Waals surface area contributed by atoms with Gasteiger partial charge in [-0.1, -0.05) is 35.9 Å². The van der Waals surface area contributed by atoms with E-state index in [0.717, 1.165) is 21.9 Å². The molecule has 3 amide bonds. The van der Waals surface area contributed by atoms with E-state index >= 15 is 4.39 Å². The minimum atomic E-state index is -2.86. The summed E-state index contributed by atoms with van der Waals surface area (Å²) < 4.78 is 57.3. The molecule has 0 bridgehead atoms. The first-order valence-corrected chi connectivity index (χ1v) is 14.2. The number of alkyl halides is 3. The maximum atomic E-state index is 15.0. The van der Waals surface area contributed by atoms with Crippen molar-refractivity contribution in [2.45, 2.75) is 62.3 Å². The summed E-state index contributed by atoms with van der Waals surface area (Å²) >= 11 is 6.52. The van der Waals surface area contributed by atoms with Crippen LogP contribution < -0.4 is 15.1 Å². The number of anilines is 2. The SMILES string of the molecule is N#Cc1ccnc(N2C(=O)[C@H](F)C[C@H]2C(=O)N(c2cccc(F)c2)[C@H](C(=O)NC2CCC(F)(F)CC2)c2ccccc2Cl)c1. The minimum absolute atomic E-state index is 0.0166. The molecule has 2 heterocycles. The van der Waals surface area contributed by atoms with E-state index in [4.69, 9.17) is 11.6 Å². The summed E-state index contributed by atoms with van der Waals surface area (Å²) in [6.07, 6.45) is -2.40. The van der Waals surface area contributed by atoms with E-state index in [9.17, 15) is 32.8 Å². The smallest absolute Gasteiger partial charge is 0.263 e. The van der Waals surface area contributed by atoms with Gasteiger partial charge in [0.2, 0.25) is 11.8 Å². The lowest BCUT2D eigenvalue weighted by Gasteiger charge is -2.37. The van der Waals surface area contributed by atoms with Gasteiger partial charge in [-0.05, 0) is 49.2 Å². The van der Waals surface area contributed by atoms with Crippen LogP contribution in [0.15, 0.2) is 66.9 Å². The first-order valence-electron chi connectivity index (χ1n) is 13.8. The van der Waals surface area contributed by atoms with Gasteiger partial charge in [-0.25, -0.2) is 22.5 Å². The molecule has 2 fully saturated rings. The van der Waals surface area contributed by atoms with Crippen molar-refractivity contribution in [3.8, 4) is 6.07 Å². The van der Waals surface area contributed by atoms with E-state index in [-0.39, 0.29) is 40.5 Å². The predicted octanol–water partition coefficient (Wildman–Crippen LogP) is 5.66. The molecule has 2 aromatic carbocycles. The van der Waals surface area contributed by atoms with Crippen molar-refractivity contribution in [1.82, 2.24) is 10.3 Å². The fraction of sp³-hybridized carbons (Fsp3) is 0.323. The van der Waals surface area contributed by atoms with E-state index in [0.29, 0.717) is 0 Å². The Hall–Kier alpha value is -4.50. The largest absolute Gasteiger partial charge is 0.351 e. The van der Waals surface area contributed by atoms with E-state index in [1.54, 1.807) is 12.1 Å². The summed E-state index contributed by atoms with van der Waals surface area (Å²) in [5.41, 5.74) is 0.131. The first kappa shape index (κ1) is 30.9. The van der Waals surface area contributed by atoms with Gasteiger partial charge >= 0.3 is 0 Å². The van der Waals surface area contributed by atoms with E-state index in [2.05, 4.69) is 10.3 Å². The number of nitrogens with one attached hydrogen (secondary N) is 1. The number of carbonyl (C=O) groups is 3. The van der Waals surface area contributed by atoms with Gasteiger partial charge in [0, 0.05) is 47.8 Å². The summed E-state index contributed by atoms with van der Waals surface area (Å²) in [7, 11) is 0. The number of hydrogen-bond acceptors (Lipinski definition) is 5. The number of benzene rings is 2. The Morgan fingerprint density at radius 2 is 1.84 bits per heavy atom. The summed E-state index contributed by atoms with van der Waals surface area (Å²) in [4.78, 5) is 47.4. The molecule has 13 heteroatoms. The Balaban J connectivity index is 1.61. The summed E-state index contributed by atoms with van der Waals surface area (Å²) in [6, 6.07) is 11.6. The van der Waals surface area contributed by atoms with Gasteiger partial charge in [0.1, 0.15) is 23.7 Å². The summed E-state index contributed by atoms with van der Waals surface area (Å²) in [5.74, 6) is -6.59. The Morgan fingerprint density at radius 3 is 2.52 bits per heavy atom.